The molecule has 0 spiro atoms. The third-order valence-corrected chi connectivity index (χ3v) is 3.60. The second kappa shape index (κ2) is 5.49. The largest absolute Gasteiger partial charge is 0.458 e. The van der Waals surface area contributed by atoms with Gasteiger partial charge in [0.2, 0.25) is 0 Å². The molecular formula is C16H16FN3O3. The SMILES string of the molecule is CC(C)OC(=O)c1ncn2c1CN(C)C(=O)c1c([18F])cccc1-2. The normalized spacial score (nSPS) is 13.6. The van der Waals surface area contributed by atoms with E-state index >= 15 is 0 Å². The first kappa shape index (κ1) is 15.2. The van der Waals surface area contributed by atoms with Crippen molar-refractivity contribution in [3.05, 3.63) is 47.3 Å². The third kappa shape index (κ3) is 2.48. The van der Waals surface area contributed by atoms with Gasteiger partial charge in [0, 0.05) is 7.05 Å². The number of amides is 1. The van der Waals surface area contributed by atoms with Crippen molar-refractivity contribution in [2.75, 3.05) is 7.05 Å². The van der Waals surface area contributed by atoms with Crippen LogP contribution >= 0.6 is 0 Å². The molecule has 0 radical (unpaired) electrons. The summed E-state index contributed by atoms with van der Waals surface area (Å²) in [7, 11) is 1.55. The molecule has 0 saturated carbocycles. The standard InChI is InChI=1S/C16H16FN3O3/c1-9(2)23-16(22)14-12-7-19(3)15(21)13-10(17)5-4-6-11(13)20(12)8-18-14/h4-6,8-9H,7H2,1-3H3/i17-1. The lowest BCUT2D eigenvalue weighted by atomic mass is 10.1. The lowest BCUT2D eigenvalue weighted by molar-refractivity contribution is 0.0368. The second-order valence-corrected chi connectivity index (χ2v) is 5.66. The minimum Gasteiger partial charge on any atom is -0.458 e. The Kier molecular flexibility index (Phi) is 3.63. The molecule has 1 amide bonds. The van der Waals surface area contributed by atoms with E-state index in [0.29, 0.717) is 11.4 Å². The zero-order chi connectivity index (χ0) is 16.7. The quantitative estimate of drug-likeness (QED) is 0.797. The van der Waals surface area contributed by atoms with Crippen molar-refractivity contribution < 1.29 is 18.7 Å². The second-order valence-electron chi connectivity index (χ2n) is 5.66. The highest BCUT2D eigenvalue weighted by Gasteiger charge is 2.30. The van der Waals surface area contributed by atoms with Crippen LogP contribution in [0.25, 0.3) is 5.69 Å². The van der Waals surface area contributed by atoms with Crippen LogP contribution < -0.4 is 0 Å². The van der Waals surface area contributed by atoms with Gasteiger partial charge in [-0.05, 0) is 26.0 Å². The van der Waals surface area contributed by atoms with Gasteiger partial charge in [-0.15, -0.1) is 0 Å². The first-order chi connectivity index (χ1) is 10.9. The van der Waals surface area contributed by atoms with E-state index in [-0.39, 0.29) is 23.9 Å². The summed E-state index contributed by atoms with van der Waals surface area (Å²) in [6.07, 6.45) is 1.13. The Balaban J connectivity index is 2.18. The molecule has 0 atom stereocenters. The summed E-state index contributed by atoms with van der Waals surface area (Å²) >= 11 is 0. The minimum atomic E-state index is -0.604. The van der Waals surface area contributed by atoms with Crippen molar-refractivity contribution in [1.82, 2.24) is 14.5 Å². The van der Waals surface area contributed by atoms with Crippen LogP contribution in [0.4, 0.5) is 4.39 Å². The molecule has 2 aromatic rings. The van der Waals surface area contributed by atoms with E-state index in [2.05, 4.69) is 4.98 Å². The molecule has 0 bridgehead atoms. The first-order valence-corrected chi connectivity index (χ1v) is 7.21. The van der Waals surface area contributed by atoms with E-state index in [9.17, 15) is 14.0 Å². The van der Waals surface area contributed by atoms with Crippen LogP contribution in [-0.2, 0) is 11.3 Å². The number of hydrogen-bond acceptors (Lipinski definition) is 4. The Morgan fingerprint density at radius 3 is 2.83 bits per heavy atom. The number of aromatic nitrogens is 2. The zero-order valence-electron chi connectivity index (χ0n) is 13.0. The van der Waals surface area contributed by atoms with Gasteiger partial charge in [-0.2, -0.15) is 0 Å². The van der Waals surface area contributed by atoms with Gasteiger partial charge in [-0.1, -0.05) is 6.07 Å². The van der Waals surface area contributed by atoms with Gasteiger partial charge in [0.1, 0.15) is 12.1 Å². The maximum absolute atomic E-state index is 14.1. The van der Waals surface area contributed by atoms with Crippen LogP contribution in [0.3, 0.4) is 0 Å². The lowest BCUT2D eigenvalue weighted by Gasteiger charge is -2.15. The molecule has 0 aliphatic carbocycles. The van der Waals surface area contributed by atoms with Crippen molar-refractivity contribution in [2.24, 2.45) is 0 Å². The van der Waals surface area contributed by atoms with Gasteiger partial charge in [0.25, 0.3) is 5.91 Å². The molecule has 0 fully saturated rings. The smallest absolute Gasteiger partial charge is 0.359 e. The highest BCUT2D eigenvalue weighted by atomic mass is 18.2. The summed E-state index contributed by atoms with van der Waals surface area (Å²) in [6.45, 7) is 3.62. The van der Waals surface area contributed by atoms with Gasteiger partial charge in [-0.3, -0.25) is 9.36 Å². The van der Waals surface area contributed by atoms with E-state index in [1.807, 2.05) is 0 Å². The number of imidazole rings is 1. The number of benzene rings is 1. The van der Waals surface area contributed by atoms with Crippen LogP contribution in [0.15, 0.2) is 24.5 Å². The molecular weight excluding hydrogens is 300 g/mol. The number of hydrogen-bond donors (Lipinski definition) is 0. The van der Waals surface area contributed by atoms with Crippen molar-refractivity contribution in [1.29, 1.82) is 0 Å². The van der Waals surface area contributed by atoms with E-state index in [1.54, 1.807) is 31.5 Å². The van der Waals surface area contributed by atoms with Crippen LogP contribution in [0, 0.1) is 5.82 Å². The number of carbonyl (C=O) groups excluding carboxylic acids is 2. The molecule has 1 aliphatic heterocycles. The van der Waals surface area contributed by atoms with Gasteiger partial charge in [-0.25, -0.2) is 14.2 Å². The maximum Gasteiger partial charge on any atom is 0.359 e. The molecule has 0 N–H and O–H groups in total. The van der Waals surface area contributed by atoms with Crippen molar-refractivity contribution >= 4 is 11.9 Å². The number of carbonyl (C=O) groups is 2. The molecule has 1 aromatic heterocycles. The molecule has 0 saturated heterocycles. The summed E-state index contributed by atoms with van der Waals surface area (Å²) in [6, 6.07) is 4.38. The lowest BCUT2D eigenvalue weighted by Crippen LogP contribution is -2.26. The third-order valence-electron chi connectivity index (χ3n) is 3.60. The Morgan fingerprint density at radius 2 is 2.13 bits per heavy atom. The van der Waals surface area contributed by atoms with Crippen molar-refractivity contribution in [3.63, 3.8) is 0 Å². The molecule has 7 heteroatoms. The van der Waals surface area contributed by atoms with Crippen LogP contribution in [-0.4, -0.2) is 39.5 Å². The fourth-order valence-electron chi connectivity index (χ4n) is 2.59. The molecule has 2 heterocycles. The number of rotatable bonds is 2. The summed E-state index contributed by atoms with van der Waals surface area (Å²) < 4.78 is 20.9. The fourth-order valence-corrected chi connectivity index (χ4v) is 2.59. The highest BCUT2D eigenvalue weighted by Crippen LogP contribution is 2.27. The topological polar surface area (TPSA) is 64.4 Å². The molecule has 120 valence electrons. The number of esters is 1. The summed E-state index contributed by atoms with van der Waals surface area (Å²) in [5.41, 5.74) is 0.965. The Hall–Kier alpha value is -2.70. The van der Waals surface area contributed by atoms with Gasteiger partial charge in [0.15, 0.2) is 5.69 Å². The molecule has 0 unspecified atom stereocenters. The van der Waals surface area contributed by atoms with E-state index < -0.39 is 17.7 Å². The Labute approximate surface area is 132 Å². The summed E-state index contributed by atoms with van der Waals surface area (Å²) in [5, 5.41) is 0. The van der Waals surface area contributed by atoms with Gasteiger partial charge < -0.3 is 9.64 Å². The molecule has 6 nitrogen and oxygen atoms in total. The van der Waals surface area contributed by atoms with Gasteiger partial charge in [0.05, 0.1) is 29.6 Å². The first-order valence-electron chi connectivity index (χ1n) is 7.21. The number of halogens is 1. The Bertz CT molecular complexity index is 798. The summed E-state index contributed by atoms with van der Waals surface area (Å²) in [4.78, 5) is 30.1. The fraction of sp³-hybridized carbons (Fsp3) is 0.312. The summed E-state index contributed by atoms with van der Waals surface area (Å²) in [5.74, 6) is -1.60. The molecule has 1 aromatic carbocycles. The average molecular weight is 316 g/mol. The monoisotopic (exact) mass is 316 g/mol. The predicted molar refractivity (Wildman–Crippen MR) is 79.9 cm³/mol. The van der Waals surface area contributed by atoms with E-state index in [4.69, 9.17) is 4.74 Å². The van der Waals surface area contributed by atoms with Gasteiger partial charge >= 0.3 is 5.97 Å². The molecule has 23 heavy (non-hydrogen) atoms. The zero-order valence-corrected chi connectivity index (χ0v) is 13.0. The number of ether oxygens (including phenoxy) is 1. The average Bonchev–Trinajstić information content (AvgIpc) is 2.84. The van der Waals surface area contributed by atoms with Crippen molar-refractivity contribution in [3.8, 4) is 5.69 Å². The molecule has 3 rings (SSSR count). The Morgan fingerprint density at radius 1 is 1.39 bits per heavy atom. The van der Waals surface area contributed by atoms with Crippen LogP contribution in [0.1, 0.15) is 40.4 Å². The number of nitrogens with zero attached hydrogens (tertiary/aromatic N) is 3. The van der Waals surface area contributed by atoms with E-state index in [0.717, 1.165) is 0 Å². The predicted octanol–water partition coefficient (Wildman–Crippen LogP) is 2.16. The van der Waals surface area contributed by atoms with Crippen LogP contribution in [0.2, 0.25) is 0 Å². The van der Waals surface area contributed by atoms with E-state index in [1.165, 1.54) is 23.4 Å². The molecule has 1 aliphatic rings. The minimum absolute atomic E-state index is 0.0325. The maximum atomic E-state index is 14.1. The highest BCUT2D eigenvalue weighted by molar-refractivity contribution is 5.99. The van der Waals surface area contributed by atoms with Crippen LogP contribution in [0.5, 0.6) is 0 Å². The number of fused-ring (bicyclic) bond motifs is 3. The van der Waals surface area contributed by atoms with Crippen molar-refractivity contribution in [2.45, 2.75) is 26.5 Å².